The Labute approximate surface area is 136 Å². The van der Waals surface area contributed by atoms with E-state index in [0.29, 0.717) is 20.9 Å². The second kappa shape index (κ2) is 6.90. The van der Waals surface area contributed by atoms with Gasteiger partial charge in [-0.15, -0.1) is 0 Å². The van der Waals surface area contributed by atoms with Crippen LogP contribution in [-0.4, -0.2) is 7.05 Å². The first-order chi connectivity index (χ1) is 9.52. The summed E-state index contributed by atoms with van der Waals surface area (Å²) in [6.07, 6.45) is 0.606. The topological polar surface area (TPSA) is 12.0 Å². The molecule has 0 saturated carbocycles. The molecular weight excluding hydrogens is 364 g/mol. The van der Waals surface area contributed by atoms with E-state index in [0.717, 1.165) is 11.1 Å². The predicted octanol–water partition coefficient (Wildman–Crippen LogP) is 5.40. The average Bonchev–Trinajstić information content (AvgIpc) is 2.43. The molecule has 2 aromatic carbocycles. The lowest BCUT2D eigenvalue weighted by molar-refractivity contribution is 0.580. The fourth-order valence-corrected chi connectivity index (χ4v) is 2.93. The van der Waals surface area contributed by atoms with Crippen molar-refractivity contribution in [3.8, 4) is 0 Å². The highest BCUT2D eigenvalue weighted by Gasteiger charge is 2.16. The maximum atomic E-state index is 13.6. The Hall–Kier alpha value is -0.610. The van der Waals surface area contributed by atoms with Gasteiger partial charge < -0.3 is 5.32 Å². The summed E-state index contributed by atoms with van der Waals surface area (Å²) in [5, 5.41) is 4.46. The van der Waals surface area contributed by atoms with E-state index in [4.69, 9.17) is 23.2 Å². The highest BCUT2D eigenvalue weighted by Crippen LogP contribution is 2.31. The molecule has 2 aromatic rings. The maximum absolute atomic E-state index is 13.6. The monoisotopic (exact) mass is 375 g/mol. The van der Waals surface area contributed by atoms with Crippen LogP contribution in [0.15, 0.2) is 40.9 Å². The van der Waals surface area contributed by atoms with Crippen molar-refractivity contribution in [3.63, 3.8) is 0 Å². The first-order valence-corrected chi connectivity index (χ1v) is 7.63. The molecule has 0 saturated heterocycles. The molecule has 0 aromatic heterocycles. The lowest BCUT2D eigenvalue weighted by atomic mass is 9.99. The second-order valence-corrected chi connectivity index (χ2v) is 6.06. The van der Waals surface area contributed by atoms with E-state index in [1.165, 1.54) is 6.07 Å². The van der Waals surface area contributed by atoms with Gasteiger partial charge in [-0.1, -0.05) is 35.3 Å². The molecule has 0 bridgehead atoms. The minimum absolute atomic E-state index is 0.0423. The van der Waals surface area contributed by atoms with E-state index in [-0.39, 0.29) is 11.9 Å². The predicted molar refractivity (Wildman–Crippen MR) is 86.1 cm³/mol. The van der Waals surface area contributed by atoms with Gasteiger partial charge in [-0.25, -0.2) is 4.39 Å². The molecule has 0 spiro atoms. The number of benzene rings is 2. The van der Waals surface area contributed by atoms with Crippen LogP contribution in [0.3, 0.4) is 0 Å². The minimum atomic E-state index is -0.269. The zero-order valence-corrected chi connectivity index (χ0v) is 13.9. The normalized spacial score (nSPS) is 12.4. The van der Waals surface area contributed by atoms with Gasteiger partial charge in [0.05, 0.1) is 4.47 Å². The number of rotatable bonds is 4. The molecule has 106 valence electrons. The zero-order chi connectivity index (χ0) is 14.7. The average molecular weight is 377 g/mol. The quantitative estimate of drug-likeness (QED) is 0.753. The third-order valence-corrected chi connectivity index (χ3v) is 4.60. The van der Waals surface area contributed by atoms with Crippen LogP contribution < -0.4 is 5.32 Å². The molecule has 2 rings (SSSR count). The highest BCUT2D eigenvalue weighted by atomic mass is 79.9. The highest BCUT2D eigenvalue weighted by molar-refractivity contribution is 9.10. The summed E-state index contributed by atoms with van der Waals surface area (Å²) in [5.74, 6) is -0.269. The van der Waals surface area contributed by atoms with Gasteiger partial charge in [-0.3, -0.25) is 0 Å². The molecule has 0 radical (unpaired) electrons. The van der Waals surface area contributed by atoms with Crippen LogP contribution in [0.5, 0.6) is 0 Å². The Bertz CT molecular complexity index is 619. The molecule has 5 heteroatoms. The summed E-state index contributed by atoms with van der Waals surface area (Å²) in [6.45, 7) is 0. The molecule has 0 amide bonds. The lowest BCUT2D eigenvalue weighted by Gasteiger charge is -2.19. The zero-order valence-electron chi connectivity index (χ0n) is 10.8. The number of hydrogen-bond acceptors (Lipinski definition) is 1. The van der Waals surface area contributed by atoms with Crippen molar-refractivity contribution in [1.29, 1.82) is 0 Å². The van der Waals surface area contributed by atoms with E-state index in [9.17, 15) is 4.39 Å². The summed E-state index contributed by atoms with van der Waals surface area (Å²) in [6, 6.07) is 10.3. The van der Waals surface area contributed by atoms with Crippen molar-refractivity contribution in [2.45, 2.75) is 12.5 Å². The fraction of sp³-hybridized carbons (Fsp3) is 0.200. The van der Waals surface area contributed by atoms with E-state index in [1.54, 1.807) is 18.2 Å². The maximum Gasteiger partial charge on any atom is 0.137 e. The molecule has 1 N–H and O–H groups in total. The van der Waals surface area contributed by atoms with Gasteiger partial charge in [-0.05, 0) is 64.8 Å². The van der Waals surface area contributed by atoms with E-state index >= 15 is 0 Å². The molecule has 0 aliphatic carbocycles. The molecule has 1 atom stereocenters. The van der Waals surface area contributed by atoms with Crippen LogP contribution in [0.25, 0.3) is 0 Å². The van der Waals surface area contributed by atoms with Crippen LogP contribution in [0, 0.1) is 5.82 Å². The Morgan fingerprint density at radius 1 is 1.25 bits per heavy atom. The van der Waals surface area contributed by atoms with Crippen LogP contribution >= 0.6 is 39.1 Å². The standard InChI is InChI=1S/C15H13BrCl2FN/c1-20-14(11-8-10(17)5-6-12(11)18)7-9-3-2-4-13(19)15(9)16/h2-6,8,14,20H,7H2,1H3. The number of likely N-dealkylation sites (N-methyl/N-ethyl adjacent to an activating group) is 1. The molecule has 1 unspecified atom stereocenters. The largest absolute Gasteiger partial charge is 0.313 e. The van der Waals surface area contributed by atoms with Gasteiger partial charge in [0.15, 0.2) is 0 Å². The molecule has 1 nitrogen and oxygen atoms in total. The van der Waals surface area contributed by atoms with Crippen molar-refractivity contribution in [1.82, 2.24) is 5.32 Å². The van der Waals surface area contributed by atoms with Crippen molar-refractivity contribution in [2.75, 3.05) is 7.05 Å². The lowest BCUT2D eigenvalue weighted by Crippen LogP contribution is -2.19. The van der Waals surface area contributed by atoms with Gasteiger partial charge >= 0.3 is 0 Å². The van der Waals surface area contributed by atoms with E-state index in [1.807, 2.05) is 19.2 Å². The summed E-state index contributed by atoms with van der Waals surface area (Å²) in [4.78, 5) is 0. The molecule has 0 heterocycles. The van der Waals surface area contributed by atoms with Crippen molar-refractivity contribution in [3.05, 3.63) is 67.9 Å². The molecule has 0 aliphatic heterocycles. The van der Waals surface area contributed by atoms with Gasteiger partial charge in [-0.2, -0.15) is 0 Å². The second-order valence-electron chi connectivity index (χ2n) is 4.42. The van der Waals surface area contributed by atoms with Crippen LogP contribution in [0.2, 0.25) is 10.0 Å². The summed E-state index contributed by atoms with van der Waals surface area (Å²) in [5.41, 5.74) is 1.78. The third kappa shape index (κ3) is 3.53. The van der Waals surface area contributed by atoms with Crippen LogP contribution in [0.4, 0.5) is 4.39 Å². The summed E-state index contributed by atoms with van der Waals surface area (Å²) in [7, 11) is 1.84. The van der Waals surface area contributed by atoms with Crippen LogP contribution in [-0.2, 0) is 6.42 Å². The summed E-state index contributed by atoms with van der Waals surface area (Å²) < 4.78 is 14.0. The van der Waals surface area contributed by atoms with Crippen LogP contribution in [0.1, 0.15) is 17.2 Å². The van der Waals surface area contributed by atoms with Gasteiger partial charge in [0.25, 0.3) is 0 Å². The van der Waals surface area contributed by atoms with Crippen molar-refractivity contribution >= 4 is 39.1 Å². The third-order valence-electron chi connectivity index (χ3n) is 3.14. The smallest absolute Gasteiger partial charge is 0.137 e. The molecular formula is C15H13BrCl2FN. The number of nitrogens with one attached hydrogen (secondary N) is 1. The molecule has 0 fully saturated rings. The number of halogens is 4. The SMILES string of the molecule is CNC(Cc1cccc(F)c1Br)c1cc(Cl)ccc1Cl. The van der Waals surface area contributed by atoms with E-state index < -0.39 is 0 Å². The Morgan fingerprint density at radius 3 is 2.70 bits per heavy atom. The van der Waals surface area contributed by atoms with Gasteiger partial charge in [0.1, 0.15) is 5.82 Å². The first kappa shape index (κ1) is 15.8. The van der Waals surface area contributed by atoms with Gasteiger partial charge in [0.2, 0.25) is 0 Å². The first-order valence-electron chi connectivity index (χ1n) is 6.08. The van der Waals surface area contributed by atoms with E-state index in [2.05, 4.69) is 21.2 Å². The Kier molecular flexibility index (Phi) is 5.44. The summed E-state index contributed by atoms with van der Waals surface area (Å²) >= 11 is 15.5. The Balaban J connectivity index is 2.34. The Morgan fingerprint density at radius 2 is 2.00 bits per heavy atom. The van der Waals surface area contributed by atoms with Crippen molar-refractivity contribution < 1.29 is 4.39 Å². The minimum Gasteiger partial charge on any atom is -0.313 e. The number of hydrogen-bond donors (Lipinski definition) is 1. The fourth-order valence-electron chi connectivity index (χ4n) is 2.08. The van der Waals surface area contributed by atoms with Crippen molar-refractivity contribution in [2.24, 2.45) is 0 Å². The van der Waals surface area contributed by atoms with Gasteiger partial charge in [0, 0.05) is 16.1 Å². The molecule has 0 aliphatic rings. The molecule has 20 heavy (non-hydrogen) atoms.